The smallest absolute Gasteiger partial charge is 0.0136 e. The van der Waals surface area contributed by atoms with Crippen LogP contribution in [0, 0.1) is 11.3 Å². The van der Waals surface area contributed by atoms with E-state index in [-0.39, 0.29) is 0 Å². The molecule has 0 aromatic carbocycles. The Morgan fingerprint density at radius 3 is 2.30 bits per heavy atom. The van der Waals surface area contributed by atoms with Crippen molar-refractivity contribution in [1.29, 1.82) is 0 Å². The van der Waals surface area contributed by atoms with Gasteiger partial charge in [0.2, 0.25) is 0 Å². The maximum absolute atomic E-state index is 2.36. The fourth-order valence-electron chi connectivity index (χ4n) is 1.01. The van der Waals surface area contributed by atoms with Gasteiger partial charge in [-0.15, -0.1) is 0 Å². The van der Waals surface area contributed by atoms with Crippen LogP contribution >= 0.6 is 0 Å². The van der Waals surface area contributed by atoms with Crippen LogP contribution in [0.2, 0.25) is 0 Å². The first-order chi connectivity index (χ1) is 4.52. The molecule has 0 fully saturated rings. The van der Waals surface area contributed by atoms with Crippen LogP contribution in [0.15, 0.2) is 11.6 Å². The molecule has 0 aromatic rings. The molecule has 1 rings (SSSR count). The van der Waals surface area contributed by atoms with E-state index < -0.39 is 0 Å². The van der Waals surface area contributed by atoms with Crippen LogP contribution in [0.3, 0.4) is 0 Å². The molecular weight excluding hydrogens is 120 g/mol. The second-order valence-electron chi connectivity index (χ2n) is 4.39. The third kappa shape index (κ3) is 1.86. The van der Waals surface area contributed by atoms with E-state index in [4.69, 9.17) is 0 Å². The van der Waals surface area contributed by atoms with E-state index in [9.17, 15) is 0 Å². The number of allylic oxidation sites excluding steroid dienone is 2. The first-order valence-corrected chi connectivity index (χ1v) is 4.20. The van der Waals surface area contributed by atoms with Gasteiger partial charge in [-0.1, -0.05) is 39.3 Å². The van der Waals surface area contributed by atoms with E-state index in [0.29, 0.717) is 5.41 Å². The van der Waals surface area contributed by atoms with Crippen LogP contribution in [0.25, 0.3) is 0 Å². The van der Waals surface area contributed by atoms with Crippen LogP contribution < -0.4 is 0 Å². The van der Waals surface area contributed by atoms with Crippen molar-refractivity contribution in [3.8, 4) is 0 Å². The molecule has 58 valence electrons. The van der Waals surface area contributed by atoms with Gasteiger partial charge in [-0.3, -0.25) is 0 Å². The summed E-state index contributed by atoms with van der Waals surface area (Å²) in [6.45, 7) is 9.33. The lowest BCUT2D eigenvalue weighted by atomic mass is 9.77. The molecule has 0 saturated heterocycles. The van der Waals surface area contributed by atoms with Gasteiger partial charge >= 0.3 is 0 Å². The van der Waals surface area contributed by atoms with Crippen molar-refractivity contribution in [3.63, 3.8) is 0 Å². The van der Waals surface area contributed by atoms with E-state index in [0.717, 1.165) is 5.92 Å². The maximum atomic E-state index is 2.36. The van der Waals surface area contributed by atoms with Crippen molar-refractivity contribution in [1.82, 2.24) is 0 Å². The summed E-state index contributed by atoms with van der Waals surface area (Å²) in [7, 11) is 0. The summed E-state index contributed by atoms with van der Waals surface area (Å²) < 4.78 is 0. The molecule has 0 unspecified atom stereocenters. The van der Waals surface area contributed by atoms with Crippen molar-refractivity contribution in [2.75, 3.05) is 0 Å². The third-order valence-electron chi connectivity index (χ3n) is 2.74. The average molecular weight is 138 g/mol. The van der Waals surface area contributed by atoms with Crippen molar-refractivity contribution < 1.29 is 0 Å². The SMILES string of the molecule is CC(C)C(C)(C)CC1=CC1. The molecule has 0 bridgehead atoms. The Bertz CT molecular complexity index is 149. The predicted octanol–water partition coefficient (Wildman–Crippen LogP) is 3.39. The predicted molar refractivity (Wildman–Crippen MR) is 45.9 cm³/mol. The van der Waals surface area contributed by atoms with Crippen molar-refractivity contribution >= 4 is 0 Å². The van der Waals surface area contributed by atoms with Crippen LogP contribution in [0.4, 0.5) is 0 Å². The molecule has 10 heavy (non-hydrogen) atoms. The Morgan fingerprint density at radius 2 is 2.00 bits per heavy atom. The topological polar surface area (TPSA) is 0 Å². The molecule has 0 heterocycles. The first-order valence-electron chi connectivity index (χ1n) is 4.20. The monoisotopic (exact) mass is 138 g/mol. The molecule has 0 amide bonds. The van der Waals surface area contributed by atoms with Gasteiger partial charge in [-0.05, 0) is 24.2 Å². The normalized spacial score (nSPS) is 17.5. The molecule has 0 aliphatic heterocycles. The molecule has 0 atom stereocenters. The average Bonchev–Trinajstić information content (AvgIpc) is 2.48. The molecule has 0 N–H and O–H groups in total. The molecule has 0 spiro atoms. The standard InChI is InChI=1S/C10H18/c1-8(2)10(3,4)7-9-5-6-9/h5,8H,6-7H2,1-4H3. The maximum Gasteiger partial charge on any atom is -0.0136 e. The Morgan fingerprint density at radius 1 is 1.50 bits per heavy atom. The van der Waals surface area contributed by atoms with Crippen LogP contribution in [0.1, 0.15) is 40.5 Å². The zero-order chi connectivity index (χ0) is 7.78. The molecule has 0 aromatic heterocycles. The highest BCUT2D eigenvalue weighted by Gasteiger charge is 2.25. The zero-order valence-electron chi connectivity index (χ0n) is 7.57. The van der Waals surface area contributed by atoms with E-state index >= 15 is 0 Å². The molecule has 0 saturated carbocycles. The van der Waals surface area contributed by atoms with Gasteiger partial charge in [0.25, 0.3) is 0 Å². The summed E-state index contributed by atoms with van der Waals surface area (Å²) in [5, 5.41) is 0. The van der Waals surface area contributed by atoms with Crippen LogP contribution in [-0.4, -0.2) is 0 Å². The molecule has 1 aliphatic rings. The van der Waals surface area contributed by atoms with E-state index in [1.807, 2.05) is 0 Å². The first kappa shape index (κ1) is 7.84. The largest absolute Gasteiger partial charge is 0.0809 e. The lowest BCUT2D eigenvalue weighted by Crippen LogP contribution is -2.18. The molecule has 0 nitrogen and oxygen atoms in total. The third-order valence-corrected chi connectivity index (χ3v) is 2.74. The Kier molecular flexibility index (Phi) is 1.89. The van der Waals surface area contributed by atoms with Gasteiger partial charge in [0.05, 0.1) is 0 Å². The van der Waals surface area contributed by atoms with E-state index in [1.54, 1.807) is 5.57 Å². The van der Waals surface area contributed by atoms with Crippen LogP contribution in [0.5, 0.6) is 0 Å². The van der Waals surface area contributed by atoms with Crippen molar-refractivity contribution in [2.45, 2.75) is 40.5 Å². The summed E-state index contributed by atoms with van der Waals surface area (Å²) in [5.41, 5.74) is 2.18. The van der Waals surface area contributed by atoms with Crippen molar-refractivity contribution in [2.24, 2.45) is 11.3 Å². The minimum absolute atomic E-state index is 0.516. The number of rotatable bonds is 3. The summed E-state index contributed by atoms with van der Waals surface area (Å²) >= 11 is 0. The highest BCUT2D eigenvalue weighted by atomic mass is 14.3. The van der Waals surface area contributed by atoms with Gasteiger partial charge < -0.3 is 0 Å². The summed E-state index contributed by atoms with van der Waals surface area (Å²) in [4.78, 5) is 0. The Balaban J connectivity index is 2.41. The van der Waals surface area contributed by atoms with Gasteiger partial charge in [0.15, 0.2) is 0 Å². The van der Waals surface area contributed by atoms with Gasteiger partial charge in [-0.25, -0.2) is 0 Å². The fourth-order valence-corrected chi connectivity index (χ4v) is 1.01. The lowest BCUT2D eigenvalue weighted by Gasteiger charge is -2.28. The van der Waals surface area contributed by atoms with Crippen LogP contribution in [-0.2, 0) is 0 Å². The quantitative estimate of drug-likeness (QED) is 0.524. The minimum Gasteiger partial charge on any atom is -0.0809 e. The highest BCUT2D eigenvalue weighted by molar-refractivity contribution is 5.22. The van der Waals surface area contributed by atoms with E-state index in [1.165, 1.54) is 12.8 Å². The second-order valence-corrected chi connectivity index (χ2v) is 4.39. The molecule has 0 heteroatoms. The molecular formula is C10H18. The Labute approximate surface area is 64.3 Å². The molecule has 0 radical (unpaired) electrons. The van der Waals surface area contributed by atoms with Crippen molar-refractivity contribution in [3.05, 3.63) is 11.6 Å². The van der Waals surface area contributed by atoms with Gasteiger partial charge in [0.1, 0.15) is 0 Å². The summed E-state index contributed by atoms with van der Waals surface area (Å²) in [6, 6.07) is 0. The lowest BCUT2D eigenvalue weighted by molar-refractivity contribution is 0.250. The highest BCUT2D eigenvalue weighted by Crippen LogP contribution is 2.38. The molecule has 1 aliphatic carbocycles. The number of hydrogen-bond acceptors (Lipinski definition) is 0. The second kappa shape index (κ2) is 2.41. The Hall–Kier alpha value is -0.260. The summed E-state index contributed by atoms with van der Waals surface area (Å²) in [5.74, 6) is 0.800. The van der Waals surface area contributed by atoms with Gasteiger partial charge in [0, 0.05) is 0 Å². The van der Waals surface area contributed by atoms with E-state index in [2.05, 4.69) is 33.8 Å². The number of hydrogen-bond donors (Lipinski definition) is 0. The van der Waals surface area contributed by atoms with Gasteiger partial charge in [-0.2, -0.15) is 0 Å². The zero-order valence-corrected chi connectivity index (χ0v) is 7.57. The fraction of sp³-hybridized carbons (Fsp3) is 0.800. The minimum atomic E-state index is 0.516. The summed E-state index contributed by atoms with van der Waals surface area (Å²) in [6.07, 6.45) is 4.94.